The molecule has 3 N–H and O–H groups in total. The average molecular weight is 283 g/mol. The van der Waals surface area contributed by atoms with Gasteiger partial charge < -0.3 is 20.7 Å². The molecule has 0 aromatic carbocycles. The van der Waals surface area contributed by atoms with Gasteiger partial charge in [0.15, 0.2) is 0 Å². The van der Waals surface area contributed by atoms with Crippen LogP contribution in [0, 0.1) is 5.41 Å². The van der Waals surface area contributed by atoms with E-state index in [0.29, 0.717) is 45.6 Å². The van der Waals surface area contributed by atoms with E-state index in [1.54, 1.807) is 0 Å². The molecule has 0 aromatic heterocycles. The van der Waals surface area contributed by atoms with Crippen molar-refractivity contribution in [3.63, 3.8) is 0 Å². The molecule has 0 aromatic rings. The maximum atomic E-state index is 12.5. The molecule has 0 radical (unpaired) electrons. The van der Waals surface area contributed by atoms with E-state index in [9.17, 15) is 9.59 Å². The number of nitrogens with zero attached hydrogens (tertiary/aromatic N) is 1. The SMILES string of the molecule is CC(C)N1CCC(NC(=O)C2(CN)CCOCC2)C1=O. The second kappa shape index (κ2) is 6.10. The summed E-state index contributed by atoms with van der Waals surface area (Å²) in [4.78, 5) is 26.5. The maximum Gasteiger partial charge on any atom is 0.245 e. The lowest BCUT2D eigenvalue weighted by atomic mass is 9.79. The van der Waals surface area contributed by atoms with Gasteiger partial charge in [-0.2, -0.15) is 0 Å². The van der Waals surface area contributed by atoms with Crippen LogP contribution in [0.1, 0.15) is 33.1 Å². The number of rotatable bonds is 4. The zero-order chi connectivity index (χ0) is 14.8. The molecule has 2 saturated heterocycles. The van der Waals surface area contributed by atoms with E-state index in [1.165, 1.54) is 0 Å². The third kappa shape index (κ3) is 2.81. The molecule has 2 heterocycles. The van der Waals surface area contributed by atoms with Crippen LogP contribution in [0.5, 0.6) is 0 Å². The Hall–Kier alpha value is -1.14. The lowest BCUT2D eigenvalue weighted by Crippen LogP contribution is -2.53. The molecule has 2 aliphatic rings. The van der Waals surface area contributed by atoms with Gasteiger partial charge in [0.25, 0.3) is 0 Å². The van der Waals surface area contributed by atoms with E-state index >= 15 is 0 Å². The van der Waals surface area contributed by atoms with Crippen LogP contribution in [0.25, 0.3) is 0 Å². The molecule has 6 heteroatoms. The lowest BCUT2D eigenvalue weighted by Gasteiger charge is -2.35. The molecule has 2 rings (SSSR count). The van der Waals surface area contributed by atoms with Crippen LogP contribution in [0.2, 0.25) is 0 Å². The summed E-state index contributed by atoms with van der Waals surface area (Å²) < 4.78 is 5.31. The van der Waals surface area contributed by atoms with E-state index in [1.807, 2.05) is 18.7 Å². The number of ether oxygens (including phenoxy) is 1. The number of nitrogens with one attached hydrogen (secondary N) is 1. The molecule has 20 heavy (non-hydrogen) atoms. The number of amides is 2. The molecule has 1 atom stereocenters. The molecule has 2 aliphatic heterocycles. The number of hydrogen-bond acceptors (Lipinski definition) is 4. The van der Waals surface area contributed by atoms with Gasteiger partial charge in [-0.1, -0.05) is 0 Å². The number of likely N-dealkylation sites (tertiary alicyclic amines) is 1. The zero-order valence-electron chi connectivity index (χ0n) is 12.4. The highest BCUT2D eigenvalue weighted by Crippen LogP contribution is 2.30. The predicted molar refractivity (Wildman–Crippen MR) is 74.9 cm³/mol. The summed E-state index contributed by atoms with van der Waals surface area (Å²) in [7, 11) is 0. The van der Waals surface area contributed by atoms with Gasteiger partial charge in [0.05, 0.1) is 5.41 Å². The van der Waals surface area contributed by atoms with Crippen LogP contribution < -0.4 is 11.1 Å². The molecular weight excluding hydrogens is 258 g/mol. The molecular formula is C14H25N3O3. The van der Waals surface area contributed by atoms with Gasteiger partial charge >= 0.3 is 0 Å². The first-order valence-corrected chi connectivity index (χ1v) is 7.39. The Morgan fingerprint density at radius 1 is 1.50 bits per heavy atom. The number of hydrogen-bond donors (Lipinski definition) is 2. The molecule has 0 bridgehead atoms. The number of carbonyl (C=O) groups excluding carboxylic acids is 2. The highest BCUT2D eigenvalue weighted by molar-refractivity contribution is 5.91. The second-order valence-corrected chi connectivity index (χ2v) is 6.04. The van der Waals surface area contributed by atoms with Crippen LogP contribution >= 0.6 is 0 Å². The normalized spacial score (nSPS) is 26.1. The van der Waals surface area contributed by atoms with Gasteiger partial charge in [0.2, 0.25) is 11.8 Å². The molecule has 114 valence electrons. The largest absolute Gasteiger partial charge is 0.381 e. The molecule has 0 spiro atoms. The van der Waals surface area contributed by atoms with Gasteiger partial charge in [-0.15, -0.1) is 0 Å². The summed E-state index contributed by atoms with van der Waals surface area (Å²) in [5.74, 6) is -0.0696. The Morgan fingerprint density at radius 3 is 2.65 bits per heavy atom. The summed E-state index contributed by atoms with van der Waals surface area (Å²) >= 11 is 0. The maximum absolute atomic E-state index is 12.5. The first-order chi connectivity index (χ1) is 9.50. The zero-order valence-corrected chi connectivity index (χ0v) is 12.4. The van der Waals surface area contributed by atoms with Crippen LogP contribution in [0.3, 0.4) is 0 Å². The van der Waals surface area contributed by atoms with Crippen molar-refractivity contribution in [2.45, 2.75) is 45.2 Å². The minimum Gasteiger partial charge on any atom is -0.381 e. The van der Waals surface area contributed by atoms with Crippen molar-refractivity contribution >= 4 is 11.8 Å². The fourth-order valence-electron chi connectivity index (χ4n) is 2.95. The third-order valence-corrected chi connectivity index (χ3v) is 4.49. The van der Waals surface area contributed by atoms with E-state index in [0.717, 1.165) is 0 Å². The molecule has 2 amide bonds. The molecule has 6 nitrogen and oxygen atoms in total. The Balaban J connectivity index is 1.99. The van der Waals surface area contributed by atoms with E-state index in [2.05, 4.69) is 5.32 Å². The van der Waals surface area contributed by atoms with Gasteiger partial charge in [-0.25, -0.2) is 0 Å². The first kappa shape index (κ1) is 15.3. The summed E-state index contributed by atoms with van der Waals surface area (Å²) in [6.07, 6.45) is 1.94. The fraction of sp³-hybridized carbons (Fsp3) is 0.857. The van der Waals surface area contributed by atoms with E-state index in [-0.39, 0.29) is 17.9 Å². The Bertz CT molecular complexity index is 378. The van der Waals surface area contributed by atoms with Crippen molar-refractivity contribution in [3.05, 3.63) is 0 Å². The molecule has 0 saturated carbocycles. The molecule has 1 unspecified atom stereocenters. The van der Waals surface area contributed by atoms with E-state index < -0.39 is 11.5 Å². The Morgan fingerprint density at radius 2 is 2.15 bits per heavy atom. The summed E-state index contributed by atoms with van der Waals surface area (Å²) in [5.41, 5.74) is 5.25. The number of nitrogens with two attached hydrogens (primary N) is 1. The summed E-state index contributed by atoms with van der Waals surface area (Å²) in [5, 5.41) is 2.91. The second-order valence-electron chi connectivity index (χ2n) is 6.04. The fourth-order valence-corrected chi connectivity index (χ4v) is 2.95. The van der Waals surface area contributed by atoms with Gasteiger partial charge in [0.1, 0.15) is 6.04 Å². The van der Waals surface area contributed by atoms with Crippen molar-refractivity contribution in [1.29, 1.82) is 0 Å². The topological polar surface area (TPSA) is 84.7 Å². The Labute approximate surface area is 120 Å². The standard InChI is InChI=1S/C14H25N3O3/c1-10(2)17-6-3-11(12(17)18)16-13(19)14(9-15)4-7-20-8-5-14/h10-11H,3-9,15H2,1-2H3,(H,16,19). The van der Waals surface area contributed by atoms with Crippen LogP contribution in [0.4, 0.5) is 0 Å². The van der Waals surface area contributed by atoms with Gasteiger partial charge in [-0.3, -0.25) is 9.59 Å². The van der Waals surface area contributed by atoms with Crippen molar-refractivity contribution in [3.8, 4) is 0 Å². The molecule has 0 aliphatic carbocycles. The lowest BCUT2D eigenvalue weighted by molar-refractivity contribution is -0.140. The van der Waals surface area contributed by atoms with E-state index in [4.69, 9.17) is 10.5 Å². The highest BCUT2D eigenvalue weighted by Gasteiger charge is 2.42. The van der Waals surface area contributed by atoms with Gasteiger partial charge in [-0.05, 0) is 33.1 Å². The van der Waals surface area contributed by atoms with Crippen molar-refractivity contribution < 1.29 is 14.3 Å². The minimum absolute atomic E-state index is 0.0209. The monoisotopic (exact) mass is 283 g/mol. The van der Waals surface area contributed by atoms with Crippen LogP contribution in [0.15, 0.2) is 0 Å². The number of carbonyl (C=O) groups is 2. The first-order valence-electron chi connectivity index (χ1n) is 7.39. The minimum atomic E-state index is -0.566. The predicted octanol–water partition coefficient (Wildman–Crippen LogP) is -0.133. The van der Waals surface area contributed by atoms with Crippen molar-refractivity contribution in [2.75, 3.05) is 26.3 Å². The van der Waals surface area contributed by atoms with Crippen LogP contribution in [-0.4, -0.2) is 55.1 Å². The smallest absolute Gasteiger partial charge is 0.245 e. The summed E-state index contributed by atoms with van der Waals surface area (Å²) in [6.45, 7) is 6.10. The summed E-state index contributed by atoms with van der Waals surface area (Å²) in [6, 6.07) is -0.216. The quantitative estimate of drug-likeness (QED) is 0.752. The van der Waals surface area contributed by atoms with Crippen molar-refractivity contribution in [1.82, 2.24) is 10.2 Å². The highest BCUT2D eigenvalue weighted by atomic mass is 16.5. The average Bonchev–Trinajstić information content (AvgIpc) is 2.81. The Kier molecular flexibility index (Phi) is 4.65. The van der Waals surface area contributed by atoms with Crippen molar-refractivity contribution in [2.24, 2.45) is 11.1 Å². The van der Waals surface area contributed by atoms with Crippen LogP contribution in [-0.2, 0) is 14.3 Å². The third-order valence-electron chi connectivity index (χ3n) is 4.49. The molecule has 2 fully saturated rings. The van der Waals surface area contributed by atoms with Gasteiger partial charge in [0, 0.05) is 32.3 Å².